The van der Waals surface area contributed by atoms with Crippen LogP contribution in [0.25, 0.3) is 10.4 Å². The fraction of sp³-hybridized carbons (Fsp3) is 0.200. The summed E-state index contributed by atoms with van der Waals surface area (Å²) in [6.07, 6.45) is 0. The molecule has 0 amide bonds. The van der Waals surface area contributed by atoms with Crippen LogP contribution < -0.4 is 5.32 Å². The summed E-state index contributed by atoms with van der Waals surface area (Å²) >= 11 is 1.83. The van der Waals surface area contributed by atoms with E-state index in [9.17, 15) is 0 Å². The molecule has 1 heterocycles. The van der Waals surface area contributed by atoms with Gasteiger partial charge < -0.3 is 5.32 Å². The first-order chi connectivity index (χ1) is 8.40. The largest absolute Gasteiger partial charge is 0.301 e. The van der Waals surface area contributed by atoms with Crippen molar-refractivity contribution in [1.29, 1.82) is 0 Å². The fourth-order valence-corrected chi connectivity index (χ4v) is 2.55. The Hall–Kier alpha value is -1.56. The molecule has 0 spiro atoms. The molecule has 0 fully saturated rings. The summed E-state index contributed by atoms with van der Waals surface area (Å²) in [5, 5.41) is 3.30. The lowest BCUT2D eigenvalue weighted by molar-refractivity contribution is 0.781. The lowest BCUT2D eigenvalue weighted by atomic mass is 10.2. The number of benzene rings is 1. The Bertz CT molecular complexity index is 517. The van der Waals surface area contributed by atoms with Crippen molar-refractivity contribution in [3.63, 3.8) is 0 Å². The van der Waals surface area contributed by atoms with Gasteiger partial charge in [-0.2, -0.15) is 0 Å². The maximum atomic E-state index is 3.30. The monoisotopic (exact) mass is 241 g/mol. The van der Waals surface area contributed by atoms with E-state index in [0.717, 1.165) is 13.1 Å². The number of nitrogens with one attached hydrogen (secondary N) is 1. The van der Waals surface area contributed by atoms with E-state index < -0.39 is 0 Å². The third kappa shape index (κ3) is 3.45. The lowest BCUT2D eigenvalue weighted by Crippen LogP contribution is -2.11. The van der Waals surface area contributed by atoms with Crippen molar-refractivity contribution in [3.8, 4) is 22.3 Å². The maximum absolute atomic E-state index is 3.30. The highest BCUT2D eigenvalue weighted by Crippen LogP contribution is 2.27. The predicted molar refractivity (Wildman–Crippen MR) is 74.9 cm³/mol. The van der Waals surface area contributed by atoms with Gasteiger partial charge in [-0.15, -0.1) is 17.3 Å². The molecule has 0 radical (unpaired) electrons. The molecule has 86 valence electrons. The molecule has 0 aliphatic carbocycles. The van der Waals surface area contributed by atoms with Crippen LogP contribution in [0.1, 0.15) is 11.8 Å². The van der Waals surface area contributed by atoms with Crippen molar-refractivity contribution in [2.75, 3.05) is 6.54 Å². The van der Waals surface area contributed by atoms with Gasteiger partial charge in [-0.3, -0.25) is 0 Å². The van der Waals surface area contributed by atoms with Crippen molar-refractivity contribution in [1.82, 2.24) is 5.32 Å². The Balaban J connectivity index is 1.98. The fourth-order valence-electron chi connectivity index (χ4n) is 1.57. The minimum Gasteiger partial charge on any atom is -0.301 e. The van der Waals surface area contributed by atoms with Gasteiger partial charge in [0.25, 0.3) is 0 Å². The molecule has 2 rings (SSSR count). The third-order valence-electron chi connectivity index (χ3n) is 2.41. The summed E-state index contributed by atoms with van der Waals surface area (Å²) in [5.74, 6) is 5.88. The topological polar surface area (TPSA) is 12.0 Å². The first-order valence-electron chi connectivity index (χ1n) is 5.64. The highest BCUT2D eigenvalue weighted by Gasteiger charge is 2.01. The molecule has 2 aromatic rings. The van der Waals surface area contributed by atoms with Gasteiger partial charge in [0.15, 0.2) is 0 Å². The molecule has 0 bridgehead atoms. The van der Waals surface area contributed by atoms with E-state index in [2.05, 4.69) is 53.6 Å². The first kappa shape index (κ1) is 11.9. The quantitative estimate of drug-likeness (QED) is 0.638. The van der Waals surface area contributed by atoms with Crippen LogP contribution in [-0.4, -0.2) is 6.54 Å². The molecule has 0 aliphatic rings. The Morgan fingerprint density at radius 1 is 1.12 bits per heavy atom. The number of hydrogen-bond acceptors (Lipinski definition) is 2. The van der Waals surface area contributed by atoms with Crippen LogP contribution in [0.5, 0.6) is 0 Å². The van der Waals surface area contributed by atoms with E-state index in [0.29, 0.717) is 0 Å². The summed E-state index contributed by atoms with van der Waals surface area (Å²) in [6, 6.07) is 14.8. The Morgan fingerprint density at radius 2 is 1.94 bits per heavy atom. The summed E-state index contributed by atoms with van der Waals surface area (Å²) in [5.41, 5.74) is 1.29. The molecule has 1 nitrogen and oxygen atoms in total. The Labute approximate surface area is 107 Å². The SMILES string of the molecule is CC#CCNCc1ccc(-c2ccccc2)s1. The standard InChI is InChI=1S/C15H15NS/c1-2-3-11-16-12-14-9-10-15(17-14)13-7-5-4-6-8-13/h4-10,16H,11-12H2,1H3. The average Bonchev–Trinajstić information content (AvgIpc) is 2.85. The molecule has 0 atom stereocenters. The molecule has 0 unspecified atom stereocenters. The highest BCUT2D eigenvalue weighted by molar-refractivity contribution is 7.15. The van der Waals surface area contributed by atoms with E-state index in [4.69, 9.17) is 0 Å². The molecule has 1 N–H and O–H groups in total. The Morgan fingerprint density at radius 3 is 2.71 bits per heavy atom. The summed E-state index contributed by atoms with van der Waals surface area (Å²) in [4.78, 5) is 2.67. The van der Waals surface area contributed by atoms with Crippen molar-refractivity contribution < 1.29 is 0 Å². The summed E-state index contributed by atoms with van der Waals surface area (Å²) < 4.78 is 0. The summed E-state index contributed by atoms with van der Waals surface area (Å²) in [7, 11) is 0. The van der Waals surface area contributed by atoms with Gasteiger partial charge in [0.05, 0.1) is 6.54 Å². The smallest absolute Gasteiger partial charge is 0.0579 e. The minimum absolute atomic E-state index is 0.759. The molecule has 1 aromatic heterocycles. The zero-order valence-corrected chi connectivity index (χ0v) is 10.7. The lowest BCUT2D eigenvalue weighted by Gasteiger charge is -1.97. The highest BCUT2D eigenvalue weighted by atomic mass is 32.1. The van der Waals surface area contributed by atoms with Crippen molar-refractivity contribution in [2.45, 2.75) is 13.5 Å². The van der Waals surface area contributed by atoms with Crippen LogP contribution in [0.3, 0.4) is 0 Å². The van der Waals surface area contributed by atoms with E-state index >= 15 is 0 Å². The molecule has 0 aliphatic heterocycles. The average molecular weight is 241 g/mol. The number of hydrogen-bond donors (Lipinski definition) is 1. The summed E-state index contributed by atoms with van der Waals surface area (Å²) in [6.45, 7) is 3.52. The van der Waals surface area contributed by atoms with E-state index in [1.54, 1.807) is 0 Å². The maximum Gasteiger partial charge on any atom is 0.0579 e. The zero-order valence-electron chi connectivity index (χ0n) is 9.86. The van der Waals surface area contributed by atoms with Gasteiger partial charge in [0, 0.05) is 16.3 Å². The van der Waals surface area contributed by atoms with Gasteiger partial charge in [0.1, 0.15) is 0 Å². The zero-order chi connectivity index (χ0) is 11.9. The van der Waals surface area contributed by atoms with Crippen molar-refractivity contribution >= 4 is 11.3 Å². The molecular formula is C15H15NS. The minimum atomic E-state index is 0.759. The van der Waals surface area contributed by atoms with E-state index in [1.165, 1.54) is 15.3 Å². The van der Waals surface area contributed by atoms with E-state index in [-0.39, 0.29) is 0 Å². The molecule has 0 saturated carbocycles. The molecule has 0 saturated heterocycles. The predicted octanol–water partition coefficient (Wildman–Crippen LogP) is 3.53. The van der Waals surface area contributed by atoms with Crippen LogP contribution >= 0.6 is 11.3 Å². The second-order valence-electron chi connectivity index (χ2n) is 3.66. The molecule has 2 heteroatoms. The Kier molecular flexibility index (Phi) is 4.37. The van der Waals surface area contributed by atoms with Crippen LogP contribution in [0.2, 0.25) is 0 Å². The second-order valence-corrected chi connectivity index (χ2v) is 4.83. The molecule has 1 aromatic carbocycles. The van der Waals surface area contributed by atoms with E-state index in [1.807, 2.05) is 24.3 Å². The van der Waals surface area contributed by atoms with Crippen molar-refractivity contribution in [2.24, 2.45) is 0 Å². The van der Waals surface area contributed by atoms with Crippen LogP contribution in [0.4, 0.5) is 0 Å². The second kappa shape index (κ2) is 6.24. The number of thiophene rings is 1. The molecule has 17 heavy (non-hydrogen) atoms. The van der Waals surface area contributed by atoms with Gasteiger partial charge in [0.2, 0.25) is 0 Å². The molecular weight excluding hydrogens is 226 g/mol. The van der Waals surface area contributed by atoms with Gasteiger partial charge in [-0.05, 0) is 24.6 Å². The van der Waals surface area contributed by atoms with Crippen LogP contribution in [0.15, 0.2) is 42.5 Å². The third-order valence-corrected chi connectivity index (χ3v) is 3.54. The van der Waals surface area contributed by atoms with Gasteiger partial charge in [-0.25, -0.2) is 0 Å². The normalized spacial score (nSPS) is 9.71. The number of rotatable bonds is 4. The van der Waals surface area contributed by atoms with Crippen LogP contribution in [0, 0.1) is 11.8 Å². The van der Waals surface area contributed by atoms with Gasteiger partial charge >= 0.3 is 0 Å². The van der Waals surface area contributed by atoms with Crippen molar-refractivity contribution in [3.05, 3.63) is 47.3 Å². The van der Waals surface area contributed by atoms with Crippen LogP contribution in [-0.2, 0) is 6.54 Å². The van der Waals surface area contributed by atoms with Gasteiger partial charge in [-0.1, -0.05) is 36.3 Å². The first-order valence-corrected chi connectivity index (χ1v) is 6.46.